The zero-order valence-electron chi connectivity index (χ0n) is 15.7. The highest BCUT2D eigenvalue weighted by Crippen LogP contribution is 2.27. The fourth-order valence-electron chi connectivity index (χ4n) is 2.92. The van der Waals surface area contributed by atoms with E-state index in [-0.39, 0.29) is 19.6 Å². The van der Waals surface area contributed by atoms with E-state index in [9.17, 15) is 9.59 Å². The second kappa shape index (κ2) is 9.67. The van der Waals surface area contributed by atoms with Gasteiger partial charge in [0.1, 0.15) is 11.8 Å². The van der Waals surface area contributed by atoms with Crippen LogP contribution in [0.25, 0.3) is 10.9 Å². The van der Waals surface area contributed by atoms with Gasteiger partial charge in [-0.2, -0.15) is 0 Å². The van der Waals surface area contributed by atoms with Gasteiger partial charge in [0.15, 0.2) is 6.61 Å². The number of aromatic amines is 1. The molecular weight excluding hydrogens is 415 g/mol. The van der Waals surface area contributed by atoms with Crippen LogP contribution < -0.4 is 10.1 Å². The predicted molar refractivity (Wildman–Crippen MR) is 113 cm³/mol. The van der Waals surface area contributed by atoms with Gasteiger partial charge in [-0.1, -0.05) is 41.4 Å². The molecule has 0 unspecified atom stereocenters. The number of hydrogen-bond donors (Lipinski definition) is 2. The molecule has 0 aliphatic carbocycles. The number of carbonyl (C=O) groups excluding carboxylic acids is 2. The molecule has 1 amide bonds. The molecule has 2 aromatic carbocycles. The average molecular weight is 435 g/mol. The second-order valence-corrected chi connectivity index (χ2v) is 7.14. The molecule has 3 rings (SSSR count). The number of esters is 1. The van der Waals surface area contributed by atoms with Crippen LogP contribution in [0.4, 0.5) is 0 Å². The van der Waals surface area contributed by atoms with Gasteiger partial charge in [0.05, 0.1) is 11.6 Å². The molecule has 2 N–H and O–H groups in total. The second-order valence-electron chi connectivity index (χ2n) is 6.30. The number of amides is 1. The molecule has 8 heteroatoms. The molecule has 0 bridgehead atoms. The van der Waals surface area contributed by atoms with Crippen molar-refractivity contribution in [2.75, 3.05) is 13.2 Å². The summed E-state index contributed by atoms with van der Waals surface area (Å²) < 4.78 is 10.6. The summed E-state index contributed by atoms with van der Waals surface area (Å²) in [5.41, 5.74) is 1.85. The number of para-hydroxylation sites is 1. The number of hydrogen-bond acceptors (Lipinski definition) is 4. The number of halogens is 2. The predicted octanol–water partition coefficient (Wildman–Crippen LogP) is 4.14. The summed E-state index contributed by atoms with van der Waals surface area (Å²) in [5, 5.41) is 4.44. The summed E-state index contributed by atoms with van der Waals surface area (Å²) in [5.74, 6) is -0.690. The normalized spacial score (nSPS) is 11.8. The van der Waals surface area contributed by atoms with E-state index in [1.807, 2.05) is 30.5 Å². The average Bonchev–Trinajstić information content (AvgIpc) is 3.11. The van der Waals surface area contributed by atoms with Crippen LogP contribution in [0.2, 0.25) is 10.0 Å². The third kappa shape index (κ3) is 5.43. The number of ether oxygens (including phenoxy) is 2. The van der Waals surface area contributed by atoms with Gasteiger partial charge in [-0.25, -0.2) is 4.79 Å². The smallest absolute Gasteiger partial charge is 0.328 e. The molecule has 0 aliphatic heterocycles. The van der Waals surface area contributed by atoms with Crippen molar-refractivity contribution in [2.45, 2.75) is 19.4 Å². The van der Waals surface area contributed by atoms with Gasteiger partial charge in [0.25, 0.3) is 5.91 Å². The Morgan fingerprint density at radius 3 is 2.76 bits per heavy atom. The lowest BCUT2D eigenvalue weighted by atomic mass is 10.0. The fraction of sp³-hybridized carbons (Fsp3) is 0.238. The van der Waals surface area contributed by atoms with Crippen molar-refractivity contribution >= 4 is 46.0 Å². The van der Waals surface area contributed by atoms with Crippen molar-refractivity contribution in [3.63, 3.8) is 0 Å². The maximum absolute atomic E-state index is 12.4. The zero-order valence-corrected chi connectivity index (χ0v) is 17.2. The van der Waals surface area contributed by atoms with Crippen molar-refractivity contribution in [3.8, 4) is 5.75 Å². The fourth-order valence-corrected chi connectivity index (χ4v) is 3.26. The van der Waals surface area contributed by atoms with Gasteiger partial charge >= 0.3 is 5.97 Å². The van der Waals surface area contributed by atoms with Gasteiger partial charge in [-0.3, -0.25) is 4.79 Å². The maximum atomic E-state index is 12.4. The topological polar surface area (TPSA) is 80.4 Å². The van der Waals surface area contributed by atoms with Crippen LogP contribution in [0.15, 0.2) is 48.7 Å². The monoisotopic (exact) mass is 434 g/mol. The summed E-state index contributed by atoms with van der Waals surface area (Å²) >= 11 is 12.0. The van der Waals surface area contributed by atoms with Crippen LogP contribution in [0.1, 0.15) is 12.5 Å². The number of nitrogens with one attached hydrogen (secondary N) is 2. The van der Waals surface area contributed by atoms with Crippen molar-refractivity contribution < 1.29 is 19.1 Å². The van der Waals surface area contributed by atoms with Gasteiger partial charge in [-0.15, -0.1) is 0 Å². The Labute approximate surface area is 178 Å². The Balaban J connectivity index is 1.69. The summed E-state index contributed by atoms with van der Waals surface area (Å²) in [4.78, 5) is 27.9. The number of H-pyrrole nitrogens is 1. The first-order valence-corrected chi connectivity index (χ1v) is 9.82. The van der Waals surface area contributed by atoms with E-state index in [0.717, 1.165) is 16.5 Å². The van der Waals surface area contributed by atoms with Gasteiger partial charge in [0.2, 0.25) is 0 Å². The number of carbonyl (C=O) groups is 2. The minimum atomic E-state index is -0.847. The van der Waals surface area contributed by atoms with E-state index in [4.69, 9.17) is 32.7 Å². The highest BCUT2D eigenvalue weighted by Gasteiger charge is 2.24. The molecule has 0 aliphatic rings. The van der Waals surface area contributed by atoms with Crippen molar-refractivity contribution in [1.29, 1.82) is 0 Å². The number of rotatable bonds is 8. The zero-order chi connectivity index (χ0) is 20.8. The van der Waals surface area contributed by atoms with E-state index >= 15 is 0 Å². The van der Waals surface area contributed by atoms with Crippen molar-refractivity contribution in [1.82, 2.24) is 10.3 Å². The van der Waals surface area contributed by atoms with Gasteiger partial charge < -0.3 is 19.8 Å². The van der Waals surface area contributed by atoms with E-state index in [1.54, 1.807) is 19.1 Å². The van der Waals surface area contributed by atoms with E-state index in [2.05, 4.69) is 10.3 Å². The van der Waals surface area contributed by atoms with Crippen LogP contribution in [-0.2, 0) is 20.7 Å². The Kier molecular flexibility index (Phi) is 7.01. The van der Waals surface area contributed by atoms with E-state index in [1.165, 1.54) is 6.07 Å². The third-order valence-electron chi connectivity index (χ3n) is 4.26. The summed E-state index contributed by atoms with van der Waals surface area (Å²) in [6.07, 6.45) is 2.11. The molecule has 29 heavy (non-hydrogen) atoms. The van der Waals surface area contributed by atoms with Crippen LogP contribution in [-0.4, -0.2) is 36.1 Å². The van der Waals surface area contributed by atoms with E-state index in [0.29, 0.717) is 15.8 Å². The Morgan fingerprint density at radius 1 is 1.17 bits per heavy atom. The number of aromatic nitrogens is 1. The van der Waals surface area contributed by atoms with Crippen molar-refractivity contribution in [2.24, 2.45) is 0 Å². The van der Waals surface area contributed by atoms with Crippen LogP contribution >= 0.6 is 23.2 Å². The number of fused-ring (bicyclic) bond motifs is 1. The first-order valence-electron chi connectivity index (χ1n) is 9.06. The highest BCUT2D eigenvalue weighted by atomic mass is 35.5. The lowest BCUT2D eigenvalue weighted by molar-refractivity contribution is -0.147. The summed E-state index contributed by atoms with van der Waals surface area (Å²) in [7, 11) is 0. The molecule has 0 spiro atoms. The van der Waals surface area contributed by atoms with Gasteiger partial charge in [0, 0.05) is 34.6 Å². The maximum Gasteiger partial charge on any atom is 0.328 e. The molecule has 0 saturated carbocycles. The molecule has 152 valence electrons. The van der Waals surface area contributed by atoms with Crippen LogP contribution in [0, 0.1) is 0 Å². The lowest BCUT2D eigenvalue weighted by Gasteiger charge is -2.17. The first kappa shape index (κ1) is 21.0. The Morgan fingerprint density at radius 2 is 1.97 bits per heavy atom. The first-order chi connectivity index (χ1) is 14.0. The standard InChI is InChI=1S/C21H20Cl2N2O4/c1-2-28-21(27)18(9-13-11-24-17-6-4-3-5-15(13)17)25-20(26)12-29-19-10-14(22)7-8-16(19)23/h3-8,10-11,18,24H,2,9,12H2,1H3,(H,25,26)/t18-/m1/s1. The molecule has 1 aromatic heterocycles. The quantitative estimate of drug-likeness (QED) is 0.521. The molecule has 0 radical (unpaired) electrons. The molecular formula is C21H20Cl2N2O4. The summed E-state index contributed by atoms with van der Waals surface area (Å²) in [6, 6.07) is 11.6. The number of benzene rings is 2. The molecule has 1 atom stereocenters. The SMILES string of the molecule is CCOC(=O)[C@@H](Cc1c[nH]c2ccccc12)NC(=O)COc1cc(Cl)ccc1Cl. The van der Waals surface area contributed by atoms with Crippen LogP contribution in [0.5, 0.6) is 5.75 Å². The minimum absolute atomic E-state index is 0.216. The largest absolute Gasteiger partial charge is 0.482 e. The van der Waals surface area contributed by atoms with Crippen molar-refractivity contribution in [3.05, 3.63) is 64.3 Å². The minimum Gasteiger partial charge on any atom is -0.482 e. The highest BCUT2D eigenvalue weighted by molar-refractivity contribution is 6.34. The van der Waals surface area contributed by atoms with E-state index < -0.39 is 17.9 Å². The Bertz CT molecular complexity index is 1020. The summed E-state index contributed by atoms with van der Waals surface area (Å²) in [6.45, 7) is 1.62. The third-order valence-corrected chi connectivity index (χ3v) is 4.80. The molecule has 6 nitrogen and oxygen atoms in total. The van der Waals surface area contributed by atoms with Gasteiger partial charge in [-0.05, 0) is 30.7 Å². The molecule has 0 saturated heterocycles. The lowest BCUT2D eigenvalue weighted by Crippen LogP contribution is -2.45. The molecule has 3 aromatic rings. The van der Waals surface area contributed by atoms with Crippen LogP contribution in [0.3, 0.4) is 0 Å². The molecule has 0 fully saturated rings. The molecule has 1 heterocycles. The Hall–Kier alpha value is -2.70.